The minimum atomic E-state index is -0.520. The van der Waals surface area contributed by atoms with E-state index in [2.05, 4.69) is 15.3 Å². The Labute approximate surface area is 150 Å². The molecule has 2 amide bonds. The average Bonchev–Trinajstić information content (AvgIpc) is 2.97. The molecule has 2 aromatic rings. The summed E-state index contributed by atoms with van der Waals surface area (Å²) < 4.78 is 6.95. The molecule has 0 unspecified atom stereocenters. The molecule has 1 saturated heterocycles. The summed E-state index contributed by atoms with van der Waals surface area (Å²) in [6, 6.07) is 1.31. The summed E-state index contributed by atoms with van der Waals surface area (Å²) in [5.41, 5.74) is -0.0240. The van der Waals surface area contributed by atoms with Gasteiger partial charge in [0.15, 0.2) is 0 Å². The topological polar surface area (TPSA) is 109 Å². The number of hydrogen-bond donors (Lipinski definition) is 2. The van der Waals surface area contributed by atoms with Crippen LogP contribution in [0, 0.1) is 0 Å². The van der Waals surface area contributed by atoms with Gasteiger partial charge in [0.25, 0.3) is 11.5 Å². The van der Waals surface area contributed by atoms with Crippen LogP contribution in [0.3, 0.4) is 0 Å². The van der Waals surface area contributed by atoms with Crippen LogP contribution in [0.5, 0.6) is 0 Å². The first kappa shape index (κ1) is 18.0. The Morgan fingerprint density at radius 3 is 2.65 bits per heavy atom. The first-order chi connectivity index (χ1) is 12.2. The number of carbonyl (C=O) groups excluding carboxylic acids is 2. The van der Waals surface area contributed by atoms with E-state index < -0.39 is 5.60 Å². The fourth-order valence-corrected chi connectivity index (χ4v) is 2.83. The van der Waals surface area contributed by atoms with E-state index in [1.807, 2.05) is 20.8 Å². The van der Waals surface area contributed by atoms with E-state index >= 15 is 0 Å². The smallest absolute Gasteiger partial charge is 0.410 e. The Balaban J connectivity index is 1.56. The molecule has 9 nitrogen and oxygen atoms in total. The van der Waals surface area contributed by atoms with E-state index in [4.69, 9.17) is 4.74 Å². The Morgan fingerprint density at radius 2 is 2.00 bits per heavy atom. The predicted octanol–water partition coefficient (Wildman–Crippen LogP) is 1.15. The summed E-state index contributed by atoms with van der Waals surface area (Å²) in [5.74, 6) is -0.253. The summed E-state index contributed by atoms with van der Waals surface area (Å²) in [6.45, 7) is 6.57. The van der Waals surface area contributed by atoms with Crippen LogP contribution in [0.15, 0.2) is 23.4 Å². The zero-order valence-electron chi connectivity index (χ0n) is 15.1. The first-order valence-corrected chi connectivity index (χ1v) is 8.57. The minimum Gasteiger partial charge on any atom is -0.444 e. The van der Waals surface area contributed by atoms with Gasteiger partial charge in [0.2, 0.25) is 0 Å². The van der Waals surface area contributed by atoms with Gasteiger partial charge in [-0.05, 0) is 33.6 Å². The van der Waals surface area contributed by atoms with Crippen molar-refractivity contribution >= 4 is 17.6 Å². The number of H-pyrrole nitrogens is 1. The van der Waals surface area contributed by atoms with E-state index in [-0.39, 0.29) is 23.6 Å². The van der Waals surface area contributed by atoms with Crippen molar-refractivity contribution in [3.05, 3.63) is 34.6 Å². The molecule has 2 aromatic heterocycles. The first-order valence-electron chi connectivity index (χ1n) is 8.57. The maximum absolute atomic E-state index is 12.4. The molecule has 0 aromatic carbocycles. The zero-order valence-corrected chi connectivity index (χ0v) is 15.1. The number of rotatable bonds is 2. The van der Waals surface area contributed by atoms with Crippen molar-refractivity contribution in [2.24, 2.45) is 0 Å². The van der Waals surface area contributed by atoms with Crippen LogP contribution >= 0.6 is 0 Å². The summed E-state index contributed by atoms with van der Waals surface area (Å²) in [4.78, 5) is 44.0. The van der Waals surface area contributed by atoms with Crippen molar-refractivity contribution in [2.75, 3.05) is 13.1 Å². The Bertz CT molecular complexity index is 871. The number of nitrogens with zero attached hydrogens (tertiary/aromatic N) is 3. The molecule has 0 radical (unpaired) electrons. The van der Waals surface area contributed by atoms with E-state index in [9.17, 15) is 14.4 Å². The molecular formula is C17H23N5O4. The summed E-state index contributed by atoms with van der Waals surface area (Å²) in [7, 11) is 0. The van der Waals surface area contributed by atoms with Gasteiger partial charge in [0.1, 0.15) is 23.3 Å². The van der Waals surface area contributed by atoms with E-state index in [0.717, 1.165) is 0 Å². The molecule has 0 aliphatic carbocycles. The van der Waals surface area contributed by atoms with Crippen molar-refractivity contribution in [1.82, 2.24) is 24.6 Å². The van der Waals surface area contributed by atoms with Crippen molar-refractivity contribution in [3.63, 3.8) is 0 Å². The quantitative estimate of drug-likeness (QED) is 0.834. The fourth-order valence-electron chi connectivity index (χ4n) is 2.83. The molecule has 9 heteroatoms. The Morgan fingerprint density at radius 1 is 1.31 bits per heavy atom. The van der Waals surface area contributed by atoms with Crippen LogP contribution in [0.4, 0.5) is 4.79 Å². The molecule has 1 fully saturated rings. The number of hydrogen-bond acceptors (Lipinski definition) is 5. The van der Waals surface area contributed by atoms with E-state index in [1.54, 1.807) is 15.5 Å². The van der Waals surface area contributed by atoms with Crippen LogP contribution in [0.25, 0.3) is 5.65 Å². The van der Waals surface area contributed by atoms with Crippen LogP contribution in [-0.2, 0) is 4.74 Å². The monoisotopic (exact) mass is 361 g/mol. The van der Waals surface area contributed by atoms with Gasteiger partial charge < -0.3 is 19.9 Å². The third-order valence-corrected chi connectivity index (χ3v) is 4.11. The van der Waals surface area contributed by atoms with Gasteiger partial charge in [0.05, 0.1) is 0 Å². The van der Waals surface area contributed by atoms with Gasteiger partial charge in [-0.1, -0.05) is 0 Å². The Hall–Kier alpha value is -2.84. The van der Waals surface area contributed by atoms with E-state index in [0.29, 0.717) is 37.3 Å². The average molecular weight is 361 g/mol. The highest BCUT2D eigenvalue weighted by atomic mass is 16.6. The van der Waals surface area contributed by atoms with Crippen LogP contribution in [0.1, 0.15) is 44.1 Å². The number of imidazole rings is 1. The molecule has 1 aliphatic heterocycles. The lowest BCUT2D eigenvalue weighted by atomic mass is 10.1. The van der Waals surface area contributed by atoms with Gasteiger partial charge in [-0.3, -0.25) is 14.0 Å². The molecule has 0 atom stereocenters. The molecule has 0 bridgehead atoms. The highest BCUT2D eigenvalue weighted by Gasteiger charge is 2.27. The molecule has 3 heterocycles. The second-order valence-corrected chi connectivity index (χ2v) is 7.40. The SMILES string of the molecule is CC(C)(C)OC(=O)N1CCC(NC(=O)c2cn3cnc(=O)cc3[nH]2)CC1. The molecular weight excluding hydrogens is 338 g/mol. The van der Waals surface area contributed by atoms with Gasteiger partial charge in [0, 0.05) is 31.4 Å². The molecule has 140 valence electrons. The van der Waals surface area contributed by atoms with E-state index in [1.165, 1.54) is 12.4 Å². The number of piperidine rings is 1. The van der Waals surface area contributed by atoms with Gasteiger partial charge in [-0.15, -0.1) is 0 Å². The van der Waals surface area contributed by atoms with Gasteiger partial charge in [-0.25, -0.2) is 4.79 Å². The third kappa shape index (κ3) is 4.22. The zero-order chi connectivity index (χ0) is 18.9. The maximum Gasteiger partial charge on any atom is 0.410 e. The lowest BCUT2D eigenvalue weighted by Gasteiger charge is -2.33. The molecule has 0 spiro atoms. The normalized spacial score (nSPS) is 15.9. The highest BCUT2D eigenvalue weighted by Crippen LogP contribution is 2.16. The third-order valence-electron chi connectivity index (χ3n) is 4.11. The largest absolute Gasteiger partial charge is 0.444 e. The molecule has 0 saturated carbocycles. The van der Waals surface area contributed by atoms with Crippen molar-refractivity contribution in [2.45, 2.75) is 45.3 Å². The number of carbonyl (C=O) groups is 2. The highest BCUT2D eigenvalue weighted by molar-refractivity contribution is 5.93. The van der Waals surface area contributed by atoms with Gasteiger partial charge in [-0.2, -0.15) is 4.98 Å². The number of likely N-dealkylation sites (tertiary alicyclic amines) is 1. The second kappa shape index (κ2) is 6.81. The predicted molar refractivity (Wildman–Crippen MR) is 94.1 cm³/mol. The maximum atomic E-state index is 12.4. The lowest BCUT2D eigenvalue weighted by Crippen LogP contribution is -2.47. The number of ether oxygens (including phenoxy) is 1. The lowest BCUT2D eigenvalue weighted by molar-refractivity contribution is 0.0199. The van der Waals surface area contributed by atoms with Gasteiger partial charge >= 0.3 is 6.09 Å². The minimum absolute atomic E-state index is 0.0224. The number of aromatic nitrogens is 3. The number of amides is 2. The molecule has 3 rings (SSSR count). The molecule has 2 N–H and O–H groups in total. The summed E-state index contributed by atoms with van der Waals surface area (Å²) >= 11 is 0. The standard InChI is InChI=1S/C17H23N5O4/c1-17(2,3)26-16(25)21-6-4-11(5-7-21)19-15(24)12-9-22-10-18-14(23)8-13(22)20-12/h8-11,20H,4-7H2,1-3H3,(H,19,24). The van der Waals surface area contributed by atoms with Crippen LogP contribution in [0.2, 0.25) is 0 Å². The van der Waals surface area contributed by atoms with Crippen molar-refractivity contribution < 1.29 is 14.3 Å². The van der Waals surface area contributed by atoms with Crippen LogP contribution < -0.4 is 10.9 Å². The van der Waals surface area contributed by atoms with Crippen molar-refractivity contribution in [3.8, 4) is 0 Å². The van der Waals surface area contributed by atoms with Crippen LogP contribution in [-0.4, -0.2) is 56.0 Å². The fraction of sp³-hybridized carbons (Fsp3) is 0.529. The number of nitrogens with one attached hydrogen (secondary N) is 2. The Kier molecular flexibility index (Phi) is 4.71. The van der Waals surface area contributed by atoms with Crippen molar-refractivity contribution in [1.29, 1.82) is 0 Å². The summed E-state index contributed by atoms with van der Waals surface area (Å²) in [5, 5.41) is 2.96. The number of aromatic amines is 1. The number of fused-ring (bicyclic) bond motifs is 1. The molecule has 26 heavy (non-hydrogen) atoms. The molecule has 1 aliphatic rings. The summed E-state index contributed by atoms with van der Waals surface area (Å²) in [6.07, 6.45) is 3.95. The second-order valence-electron chi connectivity index (χ2n) is 7.40.